The molecule has 3 rings (SSSR count). The smallest absolute Gasteiger partial charge is 0.202 e. The first-order valence-electron chi connectivity index (χ1n) is 7.34. The first-order valence-corrected chi connectivity index (χ1v) is 8.11. The summed E-state index contributed by atoms with van der Waals surface area (Å²) in [6, 6.07) is 2.70. The molecule has 1 N–H and O–H groups in total. The predicted octanol–water partition coefficient (Wildman–Crippen LogP) is 3.59. The molecule has 0 atom stereocenters. The lowest BCUT2D eigenvalue weighted by Crippen LogP contribution is -2.07. The van der Waals surface area contributed by atoms with Crippen LogP contribution in [0.4, 0.5) is 5.13 Å². The average Bonchev–Trinajstić information content (AvgIpc) is 3.17. The molecule has 2 aromatic heterocycles. The maximum Gasteiger partial charge on any atom is 0.202 e. The van der Waals surface area contributed by atoms with E-state index in [0.717, 1.165) is 16.6 Å². The molecule has 108 valence electrons. The molecule has 0 spiro atoms. The van der Waals surface area contributed by atoms with Crippen LogP contribution in [0.15, 0.2) is 12.3 Å². The van der Waals surface area contributed by atoms with Crippen molar-refractivity contribution in [3.8, 4) is 0 Å². The van der Waals surface area contributed by atoms with Crippen LogP contribution in [0.2, 0.25) is 0 Å². The number of nitrogens with one attached hydrogen (secondary N) is 1. The molecule has 5 nitrogen and oxygen atoms in total. The van der Waals surface area contributed by atoms with Gasteiger partial charge in [-0.05, 0) is 18.9 Å². The zero-order valence-electron chi connectivity index (χ0n) is 12.0. The van der Waals surface area contributed by atoms with Gasteiger partial charge < -0.3 is 5.32 Å². The minimum absolute atomic E-state index is 0.378. The Morgan fingerprint density at radius 2 is 2.20 bits per heavy atom. The largest absolute Gasteiger partial charge is 0.355 e. The summed E-state index contributed by atoms with van der Waals surface area (Å²) in [5.74, 6) is 1.29. The lowest BCUT2D eigenvalue weighted by atomic mass is 10.2. The number of anilines is 1. The summed E-state index contributed by atoms with van der Waals surface area (Å²) < 4.78 is 6.47. The van der Waals surface area contributed by atoms with Gasteiger partial charge in [0.25, 0.3) is 0 Å². The highest BCUT2D eigenvalue weighted by Crippen LogP contribution is 2.28. The van der Waals surface area contributed by atoms with Crippen LogP contribution in [0.5, 0.6) is 0 Å². The number of rotatable bonds is 5. The van der Waals surface area contributed by atoms with Crippen LogP contribution < -0.4 is 5.32 Å². The van der Waals surface area contributed by atoms with Crippen molar-refractivity contribution in [2.45, 2.75) is 58.0 Å². The van der Waals surface area contributed by atoms with Crippen molar-refractivity contribution in [2.24, 2.45) is 0 Å². The fourth-order valence-corrected chi connectivity index (χ4v) is 3.25. The lowest BCUT2D eigenvalue weighted by molar-refractivity contribution is 0.463. The first-order chi connectivity index (χ1) is 9.72. The van der Waals surface area contributed by atoms with E-state index < -0.39 is 0 Å². The van der Waals surface area contributed by atoms with E-state index in [-0.39, 0.29) is 0 Å². The Hall–Kier alpha value is -1.43. The molecule has 0 aliphatic heterocycles. The molecule has 2 heterocycles. The average molecular weight is 291 g/mol. The monoisotopic (exact) mass is 291 g/mol. The van der Waals surface area contributed by atoms with E-state index in [2.05, 4.69) is 50.6 Å². The normalized spacial score (nSPS) is 16.1. The van der Waals surface area contributed by atoms with Crippen molar-refractivity contribution in [3.05, 3.63) is 23.8 Å². The van der Waals surface area contributed by atoms with Crippen molar-refractivity contribution >= 4 is 16.7 Å². The highest BCUT2D eigenvalue weighted by Gasteiger charge is 2.17. The highest BCUT2D eigenvalue weighted by molar-refractivity contribution is 7.09. The van der Waals surface area contributed by atoms with Gasteiger partial charge in [-0.1, -0.05) is 26.7 Å². The molecular weight excluding hydrogens is 270 g/mol. The number of hydrogen-bond donors (Lipinski definition) is 1. The van der Waals surface area contributed by atoms with Crippen molar-refractivity contribution < 1.29 is 0 Å². The van der Waals surface area contributed by atoms with Gasteiger partial charge in [0.2, 0.25) is 5.13 Å². The molecule has 1 aliphatic rings. The van der Waals surface area contributed by atoms with Gasteiger partial charge in [0, 0.05) is 23.6 Å². The van der Waals surface area contributed by atoms with Crippen LogP contribution in [0, 0.1) is 0 Å². The van der Waals surface area contributed by atoms with Crippen LogP contribution >= 0.6 is 11.5 Å². The molecule has 1 saturated carbocycles. The maximum absolute atomic E-state index is 4.66. The molecular formula is C14H21N5S. The summed E-state index contributed by atoms with van der Waals surface area (Å²) in [5.41, 5.74) is 1.07. The van der Waals surface area contributed by atoms with Gasteiger partial charge in [0.1, 0.15) is 5.82 Å². The number of nitrogens with zero attached hydrogens (tertiary/aromatic N) is 4. The SMILES string of the molecule is CC(C)c1nsc(NCc2ccn(C3CCCC3)n2)n1. The molecule has 0 saturated heterocycles. The molecule has 0 radical (unpaired) electrons. The number of aromatic nitrogens is 4. The standard InChI is InChI=1S/C14H21N5S/c1-10(2)13-16-14(20-18-13)15-9-11-7-8-19(17-11)12-5-3-4-6-12/h7-8,10,12H,3-6,9H2,1-2H3,(H,15,16,18). The molecule has 1 fully saturated rings. The second-order valence-electron chi connectivity index (χ2n) is 5.69. The van der Waals surface area contributed by atoms with Gasteiger partial charge in [0.15, 0.2) is 0 Å². The van der Waals surface area contributed by atoms with E-state index in [1.54, 1.807) is 0 Å². The molecule has 0 unspecified atom stereocenters. The summed E-state index contributed by atoms with van der Waals surface area (Å²) in [5, 5.41) is 8.85. The Kier molecular flexibility index (Phi) is 4.00. The minimum Gasteiger partial charge on any atom is -0.355 e. The van der Waals surface area contributed by atoms with Gasteiger partial charge in [-0.2, -0.15) is 9.47 Å². The highest BCUT2D eigenvalue weighted by atomic mass is 32.1. The van der Waals surface area contributed by atoms with Crippen LogP contribution in [-0.4, -0.2) is 19.1 Å². The molecule has 20 heavy (non-hydrogen) atoms. The second-order valence-corrected chi connectivity index (χ2v) is 6.44. The summed E-state index contributed by atoms with van der Waals surface area (Å²) in [7, 11) is 0. The van der Waals surface area contributed by atoms with E-state index in [0.29, 0.717) is 18.5 Å². The molecule has 0 bridgehead atoms. The van der Waals surface area contributed by atoms with E-state index in [9.17, 15) is 0 Å². The summed E-state index contributed by atoms with van der Waals surface area (Å²) in [4.78, 5) is 4.47. The summed E-state index contributed by atoms with van der Waals surface area (Å²) in [6.07, 6.45) is 7.31. The third-order valence-corrected chi connectivity index (χ3v) is 4.43. The zero-order chi connectivity index (χ0) is 13.9. The van der Waals surface area contributed by atoms with E-state index in [4.69, 9.17) is 0 Å². The van der Waals surface area contributed by atoms with Gasteiger partial charge in [-0.3, -0.25) is 4.68 Å². The third kappa shape index (κ3) is 3.00. The lowest BCUT2D eigenvalue weighted by Gasteiger charge is -2.08. The maximum atomic E-state index is 4.66. The van der Waals surface area contributed by atoms with Crippen molar-refractivity contribution in [2.75, 3.05) is 5.32 Å². The van der Waals surface area contributed by atoms with Gasteiger partial charge in [0.05, 0.1) is 18.3 Å². The van der Waals surface area contributed by atoms with Gasteiger partial charge in [-0.15, -0.1) is 0 Å². The van der Waals surface area contributed by atoms with E-state index >= 15 is 0 Å². The molecule has 1 aliphatic carbocycles. The minimum atomic E-state index is 0.378. The van der Waals surface area contributed by atoms with Crippen molar-refractivity contribution in [1.29, 1.82) is 0 Å². The Labute approximate surface area is 123 Å². The van der Waals surface area contributed by atoms with E-state index in [1.807, 2.05) is 0 Å². The zero-order valence-corrected chi connectivity index (χ0v) is 12.9. The van der Waals surface area contributed by atoms with Gasteiger partial charge in [-0.25, -0.2) is 4.98 Å². The van der Waals surface area contributed by atoms with Crippen LogP contribution in [0.1, 0.15) is 63.0 Å². The Morgan fingerprint density at radius 3 is 2.90 bits per heavy atom. The Balaban J connectivity index is 1.57. The second kappa shape index (κ2) is 5.91. The van der Waals surface area contributed by atoms with Crippen molar-refractivity contribution in [3.63, 3.8) is 0 Å². The molecule has 2 aromatic rings. The third-order valence-electron chi connectivity index (χ3n) is 3.74. The quantitative estimate of drug-likeness (QED) is 0.914. The van der Waals surface area contributed by atoms with Gasteiger partial charge >= 0.3 is 0 Å². The fourth-order valence-electron chi connectivity index (χ4n) is 2.55. The first kappa shape index (κ1) is 13.5. The summed E-state index contributed by atoms with van der Waals surface area (Å²) >= 11 is 1.42. The molecule has 0 amide bonds. The van der Waals surface area contributed by atoms with Crippen LogP contribution in [0.25, 0.3) is 0 Å². The fraction of sp³-hybridized carbons (Fsp3) is 0.643. The van der Waals surface area contributed by atoms with Crippen molar-refractivity contribution in [1.82, 2.24) is 19.1 Å². The Morgan fingerprint density at radius 1 is 1.40 bits per heavy atom. The van der Waals surface area contributed by atoms with E-state index in [1.165, 1.54) is 37.2 Å². The number of hydrogen-bond acceptors (Lipinski definition) is 5. The predicted molar refractivity (Wildman–Crippen MR) is 81.1 cm³/mol. The van der Waals surface area contributed by atoms with Crippen LogP contribution in [0.3, 0.4) is 0 Å². The topological polar surface area (TPSA) is 55.6 Å². The van der Waals surface area contributed by atoms with Crippen LogP contribution in [-0.2, 0) is 6.54 Å². The molecule has 6 heteroatoms. The molecule has 0 aromatic carbocycles. The Bertz CT molecular complexity index is 553. The summed E-state index contributed by atoms with van der Waals surface area (Å²) in [6.45, 7) is 4.93.